The molecule has 5 rings (SSSR count). The molecule has 0 aliphatic carbocycles. The van der Waals surface area contributed by atoms with Gasteiger partial charge in [-0.2, -0.15) is 0 Å². The first-order chi connectivity index (χ1) is 15.9. The lowest BCUT2D eigenvalue weighted by atomic mass is 10.00. The minimum absolute atomic E-state index is 0.176. The summed E-state index contributed by atoms with van der Waals surface area (Å²) in [4.78, 5) is 15.2. The van der Waals surface area contributed by atoms with E-state index in [0.29, 0.717) is 40.2 Å². The zero-order chi connectivity index (χ0) is 23.1. The Balaban J connectivity index is 1.36. The van der Waals surface area contributed by atoms with Crippen LogP contribution in [0.25, 0.3) is 6.08 Å². The van der Waals surface area contributed by atoms with E-state index in [2.05, 4.69) is 4.90 Å². The topological polar surface area (TPSA) is 38.8 Å². The van der Waals surface area contributed by atoms with Gasteiger partial charge >= 0.3 is 0 Å². The van der Waals surface area contributed by atoms with Crippen molar-refractivity contribution in [2.75, 3.05) is 13.3 Å². The van der Waals surface area contributed by atoms with E-state index in [4.69, 9.17) is 32.7 Å². The largest absolute Gasteiger partial charge is 0.477 e. The molecule has 0 unspecified atom stereocenters. The zero-order valence-electron chi connectivity index (χ0n) is 17.8. The average Bonchev–Trinajstić information content (AvgIpc) is 3.09. The van der Waals surface area contributed by atoms with Crippen molar-refractivity contribution >= 4 is 35.1 Å². The van der Waals surface area contributed by atoms with Crippen LogP contribution >= 0.6 is 23.2 Å². The number of hydrogen-bond acceptors (Lipinski definition) is 4. The molecule has 2 heterocycles. The first-order valence-corrected chi connectivity index (χ1v) is 11.3. The molecule has 2 aliphatic rings. The van der Waals surface area contributed by atoms with Gasteiger partial charge in [-0.1, -0.05) is 41.4 Å². The van der Waals surface area contributed by atoms with E-state index in [1.54, 1.807) is 24.3 Å². The molecule has 0 radical (unpaired) electrons. The molecule has 2 aliphatic heterocycles. The third-order valence-corrected chi connectivity index (χ3v) is 6.45. The summed E-state index contributed by atoms with van der Waals surface area (Å²) in [5.41, 5.74) is 3.81. The lowest BCUT2D eigenvalue weighted by molar-refractivity contribution is 0.0954. The third kappa shape index (κ3) is 4.36. The van der Waals surface area contributed by atoms with Crippen LogP contribution in [-0.4, -0.2) is 24.0 Å². The molecule has 0 saturated heterocycles. The zero-order valence-corrected chi connectivity index (χ0v) is 19.3. The molecular formula is C26H20Cl2FNO3. The van der Waals surface area contributed by atoms with Crippen molar-refractivity contribution < 1.29 is 18.7 Å². The molecule has 0 amide bonds. The van der Waals surface area contributed by atoms with E-state index >= 15 is 0 Å². The summed E-state index contributed by atoms with van der Waals surface area (Å²) < 4.78 is 25.5. The molecular weight excluding hydrogens is 464 g/mol. The van der Waals surface area contributed by atoms with Crippen LogP contribution in [0, 0.1) is 12.7 Å². The van der Waals surface area contributed by atoms with E-state index in [-0.39, 0.29) is 17.4 Å². The number of fused-ring (bicyclic) bond motifs is 2. The van der Waals surface area contributed by atoms with Crippen molar-refractivity contribution in [3.63, 3.8) is 0 Å². The van der Waals surface area contributed by atoms with Gasteiger partial charge in [0.1, 0.15) is 24.0 Å². The van der Waals surface area contributed by atoms with Gasteiger partial charge in [-0.15, -0.1) is 0 Å². The molecule has 3 aromatic rings. The van der Waals surface area contributed by atoms with E-state index < -0.39 is 0 Å². The van der Waals surface area contributed by atoms with Crippen molar-refractivity contribution in [3.8, 4) is 11.5 Å². The highest BCUT2D eigenvalue weighted by Gasteiger charge is 2.33. The highest BCUT2D eigenvalue weighted by molar-refractivity contribution is 6.35. The van der Waals surface area contributed by atoms with Crippen LogP contribution in [-0.2, 0) is 13.0 Å². The van der Waals surface area contributed by atoms with Gasteiger partial charge in [-0.05, 0) is 60.9 Å². The molecule has 0 N–H and O–H groups in total. The Labute approximate surface area is 201 Å². The number of carbonyl (C=O) groups excluding carboxylic acids is 1. The average molecular weight is 484 g/mol. The number of nitrogens with zero attached hydrogens (tertiary/aromatic N) is 1. The quantitative estimate of drug-likeness (QED) is 0.399. The van der Waals surface area contributed by atoms with Crippen molar-refractivity contribution in [2.45, 2.75) is 19.9 Å². The van der Waals surface area contributed by atoms with Crippen molar-refractivity contribution in [1.82, 2.24) is 4.90 Å². The molecule has 0 bridgehead atoms. The molecule has 0 saturated carbocycles. The van der Waals surface area contributed by atoms with Crippen molar-refractivity contribution in [1.29, 1.82) is 0 Å². The van der Waals surface area contributed by atoms with E-state index in [9.17, 15) is 9.18 Å². The van der Waals surface area contributed by atoms with E-state index in [1.807, 2.05) is 25.1 Å². The summed E-state index contributed by atoms with van der Waals surface area (Å²) in [5.74, 6) is 0.838. The second-order valence-electron chi connectivity index (χ2n) is 8.17. The van der Waals surface area contributed by atoms with Crippen LogP contribution in [0.1, 0.15) is 32.6 Å². The maximum Gasteiger partial charge on any atom is 0.231 e. The second-order valence-corrected chi connectivity index (χ2v) is 9.02. The third-order valence-electron chi connectivity index (χ3n) is 5.86. The smallest absolute Gasteiger partial charge is 0.231 e. The van der Waals surface area contributed by atoms with Crippen molar-refractivity contribution in [3.05, 3.63) is 98.0 Å². The molecule has 0 fully saturated rings. The first-order valence-electron chi connectivity index (χ1n) is 10.5. The van der Waals surface area contributed by atoms with Gasteiger partial charge in [0, 0.05) is 34.3 Å². The van der Waals surface area contributed by atoms with Gasteiger partial charge in [0.25, 0.3) is 0 Å². The molecule has 0 spiro atoms. The van der Waals surface area contributed by atoms with Gasteiger partial charge < -0.3 is 9.47 Å². The summed E-state index contributed by atoms with van der Waals surface area (Å²) in [7, 11) is 0. The van der Waals surface area contributed by atoms with Gasteiger partial charge in [0.05, 0.1) is 5.56 Å². The number of Topliss-reactive ketones (excluding diaryl/α,β-unsaturated/α-hetero) is 1. The van der Waals surface area contributed by atoms with Gasteiger partial charge in [0.2, 0.25) is 5.78 Å². The van der Waals surface area contributed by atoms with Gasteiger partial charge in [-0.3, -0.25) is 9.69 Å². The molecule has 3 aromatic carbocycles. The predicted molar refractivity (Wildman–Crippen MR) is 127 cm³/mol. The summed E-state index contributed by atoms with van der Waals surface area (Å²) in [6.07, 6.45) is 2.31. The van der Waals surface area contributed by atoms with E-state index in [0.717, 1.165) is 35.4 Å². The standard InChI is InChI=1S/C26H20Cl2FNO3/c1-15-25-18(13-30(14-32-25)8-7-17-5-6-19(27)12-22(17)28)11-21-24(31)23(33-26(15)21)10-16-3-2-4-20(29)9-16/h2-6,9-12H,7-8,13-14H2,1H3/b23-10-. The van der Waals surface area contributed by atoms with Crippen molar-refractivity contribution in [2.24, 2.45) is 0 Å². The van der Waals surface area contributed by atoms with Crippen LogP contribution in [0.5, 0.6) is 11.5 Å². The molecule has 33 heavy (non-hydrogen) atoms. The van der Waals surface area contributed by atoms with Gasteiger partial charge in [0.15, 0.2) is 5.76 Å². The molecule has 7 heteroatoms. The highest BCUT2D eigenvalue weighted by Crippen LogP contribution is 2.43. The number of hydrogen-bond donors (Lipinski definition) is 0. The number of ether oxygens (including phenoxy) is 2. The number of rotatable bonds is 4. The van der Waals surface area contributed by atoms with Crippen LogP contribution in [0.2, 0.25) is 10.0 Å². The summed E-state index contributed by atoms with van der Waals surface area (Å²) in [6, 6.07) is 13.4. The number of carbonyl (C=O) groups is 1. The summed E-state index contributed by atoms with van der Waals surface area (Å²) >= 11 is 12.3. The highest BCUT2D eigenvalue weighted by atomic mass is 35.5. The number of halogens is 3. The maximum absolute atomic E-state index is 13.5. The second kappa shape index (κ2) is 8.82. The fraction of sp³-hybridized carbons (Fsp3) is 0.192. The van der Waals surface area contributed by atoms with Crippen LogP contribution in [0.3, 0.4) is 0 Å². The maximum atomic E-state index is 13.5. The Morgan fingerprint density at radius 2 is 1.97 bits per heavy atom. The predicted octanol–water partition coefficient (Wildman–Crippen LogP) is 6.45. The molecule has 168 valence electrons. The fourth-order valence-corrected chi connectivity index (χ4v) is 4.69. The molecule has 0 atom stereocenters. The Kier molecular flexibility index (Phi) is 5.87. The normalized spacial score (nSPS) is 16.4. The Hall–Kier alpha value is -2.86. The number of ketones is 1. The van der Waals surface area contributed by atoms with Crippen LogP contribution in [0.4, 0.5) is 4.39 Å². The van der Waals surface area contributed by atoms with E-state index in [1.165, 1.54) is 12.1 Å². The fourth-order valence-electron chi connectivity index (χ4n) is 4.19. The van der Waals surface area contributed by atoms with Crippen LogP contribution in [0.15, 0.2) is 54.3 Å². The summed E-state index contributed by atoms with van der Waals surface area (Å²) in [5, 5.41) is 1.26. The monoisotopic (exact) mass is 483 g/mol. The minimum Gasteiger partial charge on any atom is -0.477 e. The summed E-state index contributed by atoms with van der Waals surface area (Å²) in [6.45, 7) is 3.70. The van der Waals surface area contributed by atoms with Crippen LogP contribution < -0.4 is 9.47 Å². The number of allylic oxidation sites excluding steroid dienone is 1. The Morgan fingerprint density at radius 3 is 2.76 bits per heavy atom. The Bertz CT molecular complexity index is 1300. The Morgan fingerprint density at radius 1 is 1.12 bits per heavy atom. The molecule has 0 aromatic heterocycles. The van der Waals surface area contributed by atoms with Gasteiger partial charge in [-0.25, -0.2) is 4.39 Å². The molecule has 4 nitrogen and oxygen atoms in total. The first kappa shape index (κ1) is 22.0. The lowest BCUT2D eigenvalue weighted by Crippen LogP contribution is -2.34. The lowest BCUT2D eigenvalue weighted by Gasteiger charge is -2.30. The minimum atomic E-state index is -0.368. The SMILES string of the molecule is Cc1c2c(cc3c1O/C(=C\c1cccc(F)c1)C3=O)CN(CCc1ccc(Cl)cc1Cl)CO2. The number of benzene rings is 3.